The van der Waals surface area contributed by atoms with Gasteiger partial charge < -0.3 is 69.5 Å². The Kier molecular flexibility index (Phi) is 22.2. The van der Waals surface area contributed by atoms with Gasteiger partial charge in [-0.1, -0.05) is 78.9 Å². The van der Waals surface area contributed by atoms with Crippen molar-refractivity contribution in [3.8, 4) is 5.75 Å². The Labute approximate surface area is 456 Å². The van der Waals surface area contributed by atoms with E-state index in [9.17, 15) is 43.5 Å². The van der Waals surface area contributed by atoms with Crippen LogP contribution in [0.1, 0.15) is 54.9 Å². The van der Waals surface area contributed by atoms with Crippen molar-refractivity contribution < 1.29 is 43.5 Å². The summed E-state index contributed by atoms with van der Waals surface area (Å²) in [7, 11) is 0. The molecule has 6 rings (SSSR count). The van der Waals surface area contributed by atoms with Gasteiger partial charge in [-0.15, -0.1) is 0 Å². The summed E-state index contributed by atoms with van der Waals surface area (Å²) >= 11 is 1.46. The SMILES string of the molecule is CSCC[C@H](NC(=O)CN)C(=O)N[C@@H](C)C(=O)N[C@@H](Cc1ccc(O)cc1)C(=O)N[C@H](Cc1c[nH]c2ccccc12)C(=O)N[C@H](CCCCN)C(=O)N[C@@H](Cc1c[nH]c2ccccc12)C(=O)N[C@H](Cc1ccccc1)C(N)=O. The Balaban J connectivity index is 1.29. The minimum Gasteiger partial charge on any atom is -0.508 e. The molecule has 0 aliphatic carbocycles. The van der Waals surface area contributed by atoms with E-state index in [4.69, 9.17) is 17.2 Å². The summed E-state index contributed by atoms with van der Waals surface area (Å²) in [4.78, 5) is 118. The number of para-hydroxylation sites is 2. The number of aromatic amines is 2. The summed E-state index contributed by atoms with van der Waals surface area (Å²) < 4.78 is 0. The second-order valence-electron chi connectivity index (χ2n) is 19.0. The van der Waals surface area contributed by atoms with E-state index < -0.39 is 89.6 Å². The third-order valence-corrected chi connectivity index (χ3v) is 13.8. The molecule has 2 heterocycles. The summed E-state index contributed by atoms with van der Waals surface area (Å²) in [6, 6.07) is 21.1. The summed E-state index contributed by atoms with van der Waals surface area (Å²) in [6.07, 6.45) is 6.28. The number of carbonyl (C=O) groups excluding carboxylic acids is 8. The van der Waals surface area contributed by atoms with Gasteiger partial charge in [-0.3, -0.25) is 38.4 Å². The second kappa shape index (κ2) is 29.3. The van der Waals surface area contributed by atoms with Crippen LogP contribution in [0.5, 0.6) is 5.75 Å². The Morgan fingerprint density at radius 1 is 0.513 bits per heavy atom. The van der Waals surface area contributed by atoms with Crippen LogP contribution in [0.3, 0.4) is 0 Å². The van der Waals surface area contributed by atoms with E-state index in [2.05, 4.69) is 47.2 Å². The lowest BCUT2D eigenvalue weighted by atomic mass is 10.00. The molecule has 0 unspecified atom stereocenters. The van der Waals surface area contributed by atoms with E-state index in [-0.39, 0.29) is 57.4 Å². The molecule has 0 aliphatic rings. The molecule has 22 heteroatoms. The number of thioether (sulfide) groups is 1. The minimum atomic E-state index is -1.39. The summed E-state index contributed by atoms with van der Waals surface area (Å²) in [5.41, 5.74) is 21.3. The highest BCUT2D eigenvalue weighted by Crippen LogP contribution is 2.22. The smallest absolute Gasteiger partial charge is 0.243 e. The number of aromatic nitrogens is 2. The number of nitrogens with one attached hydrogen (secondary N) is 9. The maximum absolute atomic E-state index is 14.9. The molecule has 0 spiro atoms. The number of phenols is 1. The van der Waals surface area contributed by atoms with Crippen molar-refractivity contribution in [2.45, 2.75) is 101 Å². The number of carbonyl (C=O) groups is 8. The van der Waals surface area contributed by atoms with Gasteiger partial charge in [0.25, 0.3) is 0 Å². The number of amides is 8. The van der Waals surface area contributed by atoms with E-state index in [1.807, 2.05) is 60.9 Å². The van der Waals surface area contributed by atoms with Gasteiger partial charge in [0.05, 0.1) is 6.54 Å². The van der Waals surface area contributed by atoms with E-state index in [0.29, 0.717) is 35.3 Å². The molecule has 0 fully saturated rings. The first-order valence-electron chi connectivity index (χ1n) is 25.8. The van der Waals surface area contributed by atoms with Gasteiger partial charge in [0.1, 0.15) is 48.0 Å². The first-order chi connectivity index (χ1) is 37.6. The number of benzene rings is 4. The molecule has 0 radical (unpaired) electrons. The van der Waals surface area contributed by atoms with Crippen molar-refractivity contribution in [3.05, 3.63) is 138 Å². The number of nitrogens with two attached hydrogens (primary N) is 3. The molecule has 7 atom stereocenters. The molecule has 21 nitrogen and oxygen atoms in total. The average Bonchev–Trinajstić information content (AvgIpc) is 4.06. The highest BCUT2D eigenvalue weighted by molar-refractivity contribution is 7.98. The van der Waals surface area contributed by atoms with Crippen molar-refractivity contribution >= 4 is 80.8 Å². The van der Waals surface area contributed by atoms with Gasteiger partial charge in [-0.25, -0.2) is 0 Å². The van der Waals surface area contributed by atoms with Crippen LogP contribution in [0.15, 0.2) is 116 Å². The van der Waals surface area contributed by atoms with Crippen LogP contribution in [0, 0.1) is 0 Å². The van der Waals surface area contributed by atoms with Crippen LogP contribution in [-0.4, -0.2) is 130 Å². The normalized spacial score (nSPS) is 13.9. The topological polar surface area (TPSA) is 351 Å². The number of primary amides is 1. The van der Waals surface area contributed by atoms with Gasteiger partial charge in [0.2, 0.25) is 47.3 Å². The van der Waals surface area contributed by atoms with Crippen LogP contribution in [0.4, 0.5) is 0 Å². The lowest BCUT2D eigenvalue weighted by Crippen LogP contribution is -2.60. The predicted octanol–water partition coefficient (Wildman–Crippen LogP) is 1.37. The number of phenolic OH excluding ortho intramolecular Hbond substituents is 1. The quantitative estimate of drug-likeness (QED) is 0.0285. The van der Waals surface area contributed by atoms with Crippen molar-refractivity contribution in [1.29, 1.82) is 0 Å². The van der Waals surface area contributed by atoms with Gasteiger partial charge in [0, 0.05) is 59.9 Å². The molecular formula is C56H70N12O9S. The molecule has 0 saturated carbocycles. The number of unbranched alkanes of at least 4 members (excludes halogenated alkanes) is 1. The third kappa shape index (κ3) is 17.1. The molecule has 6 aromatic rings. The molecule has 414 valence electrons. The van der Waals surface area contributed by atoms with E-state index >= 15 is 0 Å². The highest BCUT2D eigenvalue weighted by atomic mass is 32.2. The molecule has 0 aliphatic heterocycles. The Hall–Kier alpha value is -8.21. The highest BCUT2D eigenvalue weighted by Gasteiger charge is 2.34. The number of rotatable bonds is 30. The first kappa shape index (κ1) is 59.0. The van der Waals surface area contributed by atoms with Crippen LogP contribution in [-0.2, 0) is 64.0 Å². The van der Waals surface area contributed by atoms with Crippen LogP contribution >= 0.6 is 11.8 Å². The zero-order valence-corrected chi connectivity index (χ0v) is 44.5. The van der Waals surface area contributed by atoms with E-state index in [1.165, 1.54) is 30.8 Å². The number of aromatic hydroxyl groups is 1. The zero-order chi connectivity index (χ0) is 56.1. The molecule has 8 amide bonds. The Morgan fingerprint density at radius 3 is 1.50 bits per heavy atom. The summed E-state index contributed by atoms with van der Waals surface area (Å²) in [6.45, 7) is 1.34. The number of hydrogen-bond acceptors (Lipinski definition) is 12. The lowest BCUT2D eigenvalue weighted by molar-refractivity contribution is -0.135. The largest absolute Gasteiger partial charge is 0.508 e. The molecule has 0 bridgehead atoms. The van der Waals surface area contributed by atoms with Gasteiger partial charge >= 0.3 is 0 Å². The fourth-order valence-corrected chi connectivity index (χ4v) is 9.37. The van der Waals surface area contributed by atoms with Crippen molar-refractivity contribution in [3.63, 3.8) is 0 Å². The van der Waals surface area contributed by atoms with Gasteiger partial charge in [-0.2, -0.15) is 11.8 Å². The third-order valence-electron chi connectivity index (χ3n) is 13.2. The number of H-pyrrole nitrogens is 2. The molecule has 78 heavy (non-hydrogen) atoms. The van der Waals surface area contributed by atoms with Crippen molar-refractivity contribution in [1.82, 2.24) is 47.2 Å². The van der Waals surface area contributed by atoms with E-state index in [0.717, 1.165) is 27.4 Å². The zero-order valence-electron chi connectivity index (χ0n) is 43.6. The molecule has 4 aromatic carbocycles. The Morgan fingerprint density at radius 2 is 0.962 bits per heavy atom. The predicted molar refractivity (Wildman–Crippen MR) is 299 cm³/mol. The number of fused-ring (bicyclic) bond motifs is 2. The molecular weight excluding hydrogens is 1020 g/mol. The summed E-state index contributed by atoms with van der Waals surface area (Å²) in [5.74, 6) is -5.29. The van der Waals surface area contributed by atoms with Crippen LogP contribution in [0.2, 0.25) is 0 Å². The standard InChI is InChI=1S/C56H70N12O9S/c1-33(62-52(73)44(23-25-78-2)63-49(70)30-58)51(72)66-46(27-35-19-21-38(69)22-20-35)54(75)68-47(28-36-31-60-41-16-8-6-14-39(36)41)55(76)64-43(18-10-11-24-57)53(74)67-48(29-37-32-61-42-17-9-7-15-40(37)42)56(77)65-45(50(59)71)26-34-12-4-3-5-13-34/h3-9,12-17,19-22,31-33,43-48,60-61,69H,10-11,18,23-30,57-58H2,1-2H3,(H2,59,71)(H,62,73)(H,63,70)(H,64,76)(H,65,77)(H,66,72)(H,67,74)(H,68,75)/t33-,43+,44-,45+,46-,47+,48-/m0/s1. The van der Waals surface area contributed by atoms with Gasteiger partial charge in [0.15, 0.2) is 0 Å². The Bertz CT molecular complexity index is 3000. The number of hydrogen-bond donors (Lipinski definition) is 13. The van der Waals surface area contributed by atoms with Crippen molar-refractivity contribution in [2.75, 3.05) is 25.1 Å². The maximum Gasteiger partial charge on any atom is 0.243 e. The van der Waals surface area contributed by atoms with Crippen LogP contribution in [0.25, 0.3) is 21.8 Å². The average molecular weight is 1090 g/mol. The maximum atomic E-state index is 14.9. The fourth-order valence-electron chi connectivity index (χ4n) is 8.89. The van der Waals surface area contributed by atoms with Gasteiger partial charge in [-0.05, 0) is 97.7 Å². The van der Waals surface area contributed by atoms with Crippen LogP contribution < -0.4 is 54.4 Å². The van der Waals surface area contributed by atoms with Crippen molar-refractivity contribution in [2.24, 2.45) is 17.2 Å². The molecule has 0 saturated heterocycles. The first-order valence-corrected chi connectivity index (χ1v) is 27.2. The fraction of sp³-hybridized carbons (Fsp3) is 0.357. The minimum absolute atomic E-state index is 0.0268. The monoisotopic (exact) mass is 1090 g/mol. The second-order valence-corrected chi connectivity index (χ2v) is 20.0. The molecule has 16 N–H and O–H groups in total. The van der Waals surface area contributed by atoms with E-state index in [1.54, 1.807) is 48.8 Å². The molecule has 2 aromatic heterocycles. The lowest BCUT2D eigenvalue weighted by Gasteiger charge is -2.28. The summed E-state index contributed by atoms with van der Waals surface area (Å²) in [5, 5.41) is 30.8.